The molecular weight excluding hydrogens is 689 g/mol. The number of anilines is 1. The SMILES string of the molecule is Cc1c(Cl)c(N2CCCC2)c(F)c2c1C(O)=C1C(=O)[C@]3(O[Si](C)(C)C(C)(C)C)C(=O)c4c(OCc5ccccc5)noc4[C@@H](N(C)C)[C@@H]3C[C@@H]1C2. The Labute approximate surface area is 304 Å². The number of hydrogen-bond acceptors (Lipinski definition) is 9. The van der Waals surface area contributed by atoms with Gasteiger partial charge in [-0.1, -0.05) is 62.7 Å². The standard InChI is InChI=1S/C39H47ClFN3O6Si/c1-21-26-24(30(41)32(29(21)40)44-16-12-13-17-44)18-23-19-25-31(43(5)6)34-28(37(42-49-34)48-20-22-14-10-9-11-15-22)36(47)39(25,35(46)27(23)33(26)45)50-51(7,8)38(2,3)4/h9-11,14-15,23,25,31,45H,12-13,16-20H2,1-8H3/t23-,25-,31-,39-/m0/s1. The number of carbonyl (C=O) groups is 2. The molecule has 4 aliphatic rings. The molecule has 7 rings (SSSR count). The third-order valence-corrected chi connectivity index (χ3v) is 16.9. The number of aliphatic hydroxyl groups is 1. The molecule has 1 N–H and O–H groups in total. The third-order valence-electron chi connectivity index (χ3n) is 12.0. The molecule has 12 heteroatoms. The molecule has 1 saturated carbocycles. The number of ether oxygens (including phenoxy) is 1. The van der Waals surface area contributed by atoms with Crippen molar-refractivity contribution in [2.24, 2.45) is 11.8 Å². The fraction of sp³-hybridized carbons (Fsp3) is 0.513. The molecule has 1 aliphatic heterocycles. The van der Waals surface area contributed by atoms with Crippen molar-refractivity contribution < 1.29 is 32.8 Å². The second-order valence-electron chi connectivity index (χ2n) is 16.3. The van der Waals surface area contributed by atoms with Gasteiger partial charge in [-0.2, -0.15) is 0 Å². The average Bonchev–Trinajstić information content (AvgIpc) is 3.74. The van der Waals surface area contributed by atoms with E-state index in [4.69, 9.17) is 25.3 Å². The summed E-state index contributed by atoms with van der Waals surface area (Å²) in [6, 6.07) is 8.88. The van der Waals surface area contributed by atoms with Gasteiger partial charge in [0.15, 0.2) is 25.5 Å². The molecule has 3 aromatic rings. The summed E-state index contributed by atoms with van der Waals surface area (Å²) in [5.41, 5.74) is 0.436. The summed E-state index contributed by atoms with van der Waals surface area (Å²) in [6.45, 7) is 13.5. The van der Waals surface area contributed by atoms with E-state index in [0.29, 0.717) is 35.7 Å². The zero-order valence-corrected chi connectivity index (χ0v) is 32.4. The summed E-state index contributed by atoms with van der Waals surface area (Å²) in [7, 11) is 0.841. The van der Waals surface area contributed by atoms with Crippen molar-refractivity contribution in [1.82, 2.24) is 10.1 Å². The molecule has 9 nitrogen and oxygen atoms in total. The number of rotatable bonds is 7. The molecule has 51 heavy (non-hydrogen) atoms. The smallest absolute Gasteiger partial charge is 0.265 e. The van der Waals surface area contributed by atoms with Gasteiger partial charge in [0, 0.05) is 35.7 Å². The Morgan fingerprint density at radius 1 is 1.12 bits per heavy atom. The van der Waals surface area contributed by atoms with E-state index in [-0.39, 0.29) is 57.8 Å². The van der Waals surface area contributed by atoms with E-state index in [1.165, 1.54) is 0 Å². The largest absolute Gasteiger partial charge is 0.507 e. The van der Waals surface area contributed by atoms with E-state index in [1.807, 2.05) is 67.3 Å². The summed E-state index contributed by atoms with van der Waals surface area (Å²) in [5, 5.41) is 16.2. The number of aromatic nitrogens is 1. The maximum absolute atomic E-state index is 16.6. The molecule has 272 valence electrons. The molecule has 0 radical (unpaired) electrons. The van der Waals surface area contributed by atoms with Crippen LogP contribution in [-0.4, -0.2) is 67.8 Å². The Bertz CT molecular complexity index is 1950. The van der Waals surface area contributed by atoms with E-state index >= 15 is 14.0 Å². The van der Waals surface area contributed by atoms with Gasteiger partial charge in [0.2, 0.25) is 11.6 Å². The highest BCUT2D eigenvalue weighted by atomic mass is 35.5. The average molecular weight is 736 g/mol. The molecule has 2 fully saturated rings. The lowest BCUT2D eigenvalue weighted by molar-refractivity contribution is -0.140. The minimum Gasteiger partial charge on any atom is -0.507 e. The summed E-state index contributed by atoms with van der Waals surface area (Å²) >= 11 is 6.87. The van der Waals surface area contributed by atoms with Crippen LogP contribution in [0.4, 0.5) is 10.1 Å². The van der Waals surface area contributed by atoms with Crippen LogP contribution in [-0.2, 0) is 22.2 Å². The number of aliphatic hydroxyl groups excluding tert-OH is 1. The zero-order valence-electron chi connectivity index (χ0n) is 30.7. The van der Waals surface area contributed by atoms with Crippen LogP contribution in [0.1, 0.15) is 84.4 Å². The Morgan fingerprint density at radius 2 is 1.78 bits per heavy atom. The number of halogens is 2. The minimum absolute atomic E-state index is 0.0105. The van der Waals surface area contributed by atoms with E-state index in [1.54, 1.807) is 6.92 Å². The zero-order chi connectivity index (χ0) is 36.8. The van der Waals surface area contributed by atoms with Gasteiger partial charge in [-0.3, -0.25) is 14.5 Å². The highest BCUT2D eigenvalue weighted by molar-refractivity contribution is 6.74. The van der Waals surface area contributed by atoms with Gasteiger partial charge in [0.05, 0.1) is 16.8 Å². The van der Waals surface area contributed by atoms with Crippen molar-refractivity contribution >= 4 is 42.9 Å². The molecule has 3 aliphatic carbocycles. The number of ketones is 2. The number of Topliss-reactive ketones (excluding diaryl/α,β-unsaturated/α-hetero) is 2. The quantitative estimate of drug-likeness (QED) is 0.190. The summed E-state index contributed by atoms with van der Waals surface area (Å²) in [4.78, 5) is 34.7. The Kier molecular flexibility index (Phi) is 8.84. The van der Waals surface area contributed by atoms with E-state index in [9.17, 15) is 5.11 Å². The predicted molar refractivity (Wildman–Crippen MR) is 196 cm³/mol. The fourth-order valence-electron chi connectivity index (χ4n) is 8.44. The van der Waals surface area contributed by atoms with Crippen molar-refractivity contribution in [3.05, 3.63) is 80.3 Å². The van der Waals surface area contributed by atoms with Gasteiger partial charge >= 0.3 is 0 Å². The van der Waals surface area contributed by atoms with Gasteiger partial charge in [0.1, 0.15) is 17.9 Å². The van der Waals surface area contributed by atoms with Crippen LogP contribution in [0.2, 0.25) is 23.2 Å². The first-order valence-corrected chi connectivity index (χ1v) is 21.1. The highest BCUT2D eigenvalue weighted by Gasteiger charge is 2.69. The van der Waals surface area contributed by atoms with Gasteiger partial charge in [-0.05, 0) is 87.0 Å². The topological polar surface area (TPSA) is 105 Å². The third kappa shape index (κ3) is 5.40. The molecule has 1 saturated heterocycles. The summed E-state index contributed by atoms with van der Waals surface area (Å²) < 4.78 is 35.9. The second kappa shape index (κ2) is 12.6. The van der Waals surface area contributed by atoms with Crippen molar-refractivity contribution in [2.75, 3.05) is 32.1 Å². The number of hydrogen-bond donors (Lipinski definition) is 1. The Hall–Kier alpha value is -3.51. The Balaban J connectivity index is 1.43. The predicted octanol–water partition coefficient (Wildman–Crippen LogP) is 8.24. The molecule has 2 aromatic carbocycles. The first-order chi connectivity index (χ1) is 24.0. The molecular formula is C39H47ClFN3O6Si. The Morgan fingerprint density at radius 3 is 2.41 bits per heavy atom. The molecule has 0 amide bonds. The number of nitrogens with zero attached hydrogens (tertiary/aromatic N) is 3. The fourth-order valence-corrected chi connectivity index (χ4v) is 10.2. The van der Waals surface area contributed by atoms with Gasteiger partial charge in [0.25, 0.3) is 5.88 Å². The van der Waals surface area contributed by atoms with E-state index in [0.717, 1.165) is 18.4 Å². The molecule has 0 unspecified atom stereocenters. The number of fused-ring (bicyclic) bond motifs is 4. The van der Waals surface area contributed by atoms with Crippen molar-refractivity contribution in [3.63, 3.8) is 0 Å². The van der Waals surface area contributed by atoms with Crippen LogP contribution >= 0.6 is 11.6 Å². The van der Waals surface area contributed by atoms with E-state index in [2.05, 4.69) is 25.9 Å². The molecule has 0 bridgehead atoms. The molecule has 2 heterocycles. The lowest BCUT2D eigenvalue weighted by atomic mass is 9.57. The normalized spacial score (nSPS) is 24.8. The summed E-state index contributed by atoms with van der Waals surface area (Å²) in [6.07, 6.45) is 2.31. The van der Waals surface area contributed by atoms with Crippen LogP contribution in [0.15, 0.2) is 40.4 Å². The van der Waals surface area contributed by atoms with E-state index < -0.39 is 49.2 Å². The van der Waals surface area contributed by atoms with Crippen molar-refractivity contribution in [2.45, 2.75) is 89.8 Å². The first-order valence-electron chi connectivity index (χ1n) is 17.8. The van der Waals surface area contributed by atoms with Crippen molar-refractivity contribution in [3.8, 4) is 5.88 Å². The monoisotopic (exact) mass is 735 g/mol. The van der Waals surface area contributed by atoms with Crippen LogP contribution < -0.4 is 9.64 Å². The molecule has 4 atom stereocenters. The number of carbonyl (C=O) groups excluding carboxylic acids is 2. The number of benzene rings is 2. The highest BCUT2D eigenvalue weighted by Crippen LogP contribution is 2.59. The second-order valence-corrected chi connectivity index (χ2v) is 21.4. The maximum Gasteiger partial charge on any atom is 0.265 e. The lowest BCUT2D eigenvalue weighted by Crippen LogP contribution is -2.68. The van der Waals surface area contributed by atoms with Crippen LogP contribution in [0, 0.1) is 24.6 Å². The van der Waals surface area contributed by atoms with Crippen LogP contribution in [0.25, 0.3) is 5.76 Å². The first kappa shape index (κ1) is 35.9. The lowest BCUT2D eigenvalue weighted by Gasteiger charge is -2.55. The minimum atomic E-state index is -2.89. The summed E-state index contributed by atoms with van der Waals surface area (Å²) in [5.74, 6) is -3.01. The van der Waals surface area contributed by atoms with Gasteiger partial charge in [-0.25, -0.2) is 4.39 Å². The van der Waals surface area contributed by atoms with Crippen LogP contribution in [0.5, 0.6) is 5.88 Å². The van der Waals surface area contributed by atoms with Crippen LogP contribution in [0.3, 0.4) is 0 Å². The van der Waals surface area contributed by atoms with Gasteiger partial charge < -0.3 is 23.7 Å². The van der Waals surface area contributed by atoms with Gasteiger partial charge in [-0.15, -0.1) is 0 Å². The molecule has 0 spiro atoms. The molecule has 1 aromatic heterocycles. The maximum atomic E-state index is 16.6. The van der Waals surface area contributed by atoms with Crippen molar-refractivity contribution in [1.29, 1.82) is 0 Å².